The lowest BCUT2D eigenvalue weighted by Gasteiger charge is -2.10. The van der Waals surface area contributed by atoms with Gasteiger partial charge in [-0.1, -0.05) is 42.5 Å². The van der Waals surface area contributed by atoms with Crippen molar-refractivity contribution < 1.29 is 4.46 Å². The molecule has 0 atom stereocenters. The van der Waals surface area contributed by atoms with E-state index in [2.05, 4.69) is 25.1 Å². The van der Waals surface area contributed by atoms with Crippen LogP contribution in [0.25, 0.3) is 11.1 Å². The van der Waals surface area contributed by atoms with Gasteiger partial charge in [-0.3, -0.25) is 0 Å². The van der Waals surface area contributed by atoms with Crippen molar-refractivity contribution in [2.75, 3.05) is 0 Å². The molecule has 0 fully saturated rings. The van der Waals surface area contributed by atoms with E-state index in [0.717, 1.165) is 10.8 Å². The SMILES string of the molecule is Cc1c([Si]=O)ccc(-c2ccccc2)c1C. The second kappa shape index (κ2) is 4.54. The summed E-state index contributed by atoms with van der Waals surface area (Å²) in [5.41, 5.74) is 4.78. The lowest BCUT2D eigenvalue weighted by molar-refractivity contribution is 0.583. The van der Waals surface area contributed by atoms with Gasteiger partial charge in [0.2, 0.25) is 0 Å². The van der Waals surface area contributed by atoms with E-state index in [1.54, 1.807) is 0 Å². The monoisotopic (exact) mass is 225 g/mol. The molecule has 0 unspecified atom stereocenters. The first-order valence-electron chi connectivity index (χ1n) is 5.28. The molecule has 16 heavy (non-hydrogen) atoms. The summed E-state index contributed by atoms with van der Waals surface area (Å²) in [6.45, 7) is 4.11. The second-order valence-electron chi connectivity index (χ2n) is 3.88. The predicted octanol–water partition coefficient (Wildman–Crippen LogP) is 2.65. The van der Waals surface area contributed by atoms with Gasteiger partial charge in [0.15, 0.2) is 0 Å². The van der Waals surface area contributed by atoms with Crippen LogP contribution in [0.5, 0.6) is 0 Å². The molecule has 0 aliphatic rings. The van der Waals surface area contributed by atoms with Gasteiger partial charge < -0.3 is 4.46 Å². The fourth-order valence-corrected chi connectivity index (χ4v) is 2.35. The molecular weight excluding hydrogens is 212 g/mol. The van der Waals surface area contributed by atoms with Gasteiger partial charge in [0, 0.05) is 5.19 Å². The van der Waals surface area contributed by atoms with E-state index in [0.29, 0.717) is 0 Å². The fourth-order valence-electron chi connectivity index (χ4n) is 1.86. The molecule has 0 amide bonds. The smallest absolute Gasteiger partial charge is 0.365 e. The zero-order chi connectivity index (χ0) is 11.5. The van der Waals surface area contributed by atoms with Crippen LogP contribution < -0.4 is 5.19 Å². The summed E-state index contributed by atoms with van der Waals surface area (Å²) in [4.78, 5) is 0. The van der Waals surface area contributed by atoms with E-state index in [1.807, 2.05) is 31.2 Å². The third-order valence-electron chi connectivity index (χ3n) is 2.98. The van der Waals surface area contributed by atoms with Crippen molar-refractivity contribution in [2.45, 2.75) is 13.8 Å². The van der Waals surface area contributed by atoms with Crippen LogP contribution in [0.2, 0.25) is 0 Å². The second-order valence-corrected chi connectivity index (χ2v) is 4.62. The molecule has 1 nitrogen and oxygen atoms in total. The Morgan fingerprint density at radius 2 is 1.56 bits per heavy atom. The van der Waals surface area contributed by atoms with E-state index in [9.17, 15) is 4.46 Å². The van der Waals surface area contributed by atoms with Gasteiger partial charge in [0.1, 0.15) is 0 Å². The summed E-state index contributed by atoms with van der Waals surface area (Å²) in [6, 6.07) is 14.3. The normalized spacial score (nSPS) is 10.1. The van der Waals surface area contributed by atoms with E-state index < -0.39 is 0 Å². The van der Waals surface area contributed by atoms with Crippen molar-refractivity contribution in [3.8, 4) is 11.1 Å². The van der Waals surface area contributed by atoms with E-state index in [1.165, 1.54) is 16.7 Å². The van der Waals surface area contributed by atoms with Gasteiger partial charge in [-0.05, 0) is 36.1 Å². The minimum Gasteiger partial charge on any atom is -0.378 e. The summed E-state index contributed by atoms with van der Waals surface area (Å²) in [7, 11) is -0.371. The van der Waals surface area contributed by atoms with Gasteiger partial charge in [-0.25, -0.2) is 0 Å². The number of hydrogen-bond acceptors (Lipinski definition) is 1. The number of hydrogen-bond donors (Lipinski definition) is 0. The largest absolute Gasteiger partial charge is 0.378 e. The zero-order valence-electron chi connectivity index (χ0n) is 9.45. The molecule has 0 spiro atoms. The Hall–Kier alpha value is -1.54. The topological polar surface area (TPSA) is 17.1 Å². The van der Waals surface area contributed by atoms with Crippen LogP contribution in [0.3, 0.4) is 0 Å². The summed E-state index contributed by atoms with van der Waals surface area (Å²) in [5, 5.41) is 0.928. The number of rotatable bonds is 2. The Morgan fingerprint density at radius 1 is 0.875 bits per heavy atom. The summed E-state index contributed by atoms with van der Waals surface area (Å²) in [6.07, 6.45) is 0. The van der Waals surface area contributed by atoms with E-state index in [-0.39, 0.29) is 9.41 Å². The molecule has 0 N–H and O–H groups in total. The molecule has 0 aliphatic heterocycles. The van der Waals surface area contributed by atoms with Gasteiger partial charge in [-0.2, -0.15) is 0 Å². The summed E-state index contributed by atoms with van der Waals surface area (Å²) >= 11 is 0. The molecule has 0 aromatic heterocycles. The van der Waals surface area contributed by atoms with Crippen molar-refractivity contribution in [3.63, 3.8) is 0 Å². The van der Waals surface area contributed by atoms with Crippen molar-refractivity contribution >= 4 is 14.6 Å². The number of benzene rings is 2. The maximum absolute atomic E-state index is 11.0. The standard InChI is InChI=1S/C14H13OSi/c1-10-11(2)14(16-15)9-8-13(10)12-6-4-3-5-7-12/h3-9H,1-2H3. The maximum atomic E-state index is 11.0. The maximum Gasteiger partial charge on any atom is 0.365 e. The van der Waals surface area contributed by atoms with E-state index in [4.69, 9.17) is 0 Å². The Kier molecular flexibility index (Phi) is 3.11. The quantitative estimate of drug-likeness (QED) is 0.718. The van der Waals surface area contributed by atoms with Crippen LogP contribution in [-0.2, 0) is 4.46 Å². The zero-order valence-corrected chi connectivity index (χ0v) is 10.4. The molecule has 2 rings (SSSR count). The van der Waals surface area contributed by atoms with Crippen LogP contribution in [0.1, 0.15) is 11.1 Å². The summed E-state index contributed by atoms with van der Waals surface area (Å²) < 4.78 is 11.0. The van der Waals surface area contributed by atoms with Crippen LogP contribution >= 0.6 is 0 Å². The lowest BCUT2D eigenvalue weighted by Crippen LogP contribution is -2.12. The highest BCUT2D eigenvalue weighted by atomic mass is 28.2. The highest BCUT2D eigenvalue weighted by Gasteiger charge is 2.07. The highest BCUT2D eigenvalue weighted by molar-refractivity contribution is 6.39. The Bertz CT molecular complexity index is 518. The minimum atomic E-state index is -0.371. The molecule has 79 valence electrons. The van der Waals surface area contributed by atoms with Gasteiger partial charge >= 0.3 is 9.41 Å². The first kappa shape index (κ1) is 11.0. The van der Waals surface area contributed by atoms with Crippen LogP contribution in [-0.4, -0.2) is 9.41 Å². The first-order chi connectivity index (χ1) is 7.74. The molecule has 1 radical (unpaired) electrons. The molecule has 2 aromatic rings. The third kappa shape index (κ3) is 1.88. The fraction of sp³-hybridized carbons (Fsp3) is 0.143. The van der Waals surface area contributed by atoms with Gasteiger partial charge in [0.25, 0.3) is 0 Å². The first-order valence-corrected chi connectivity index (χ1v) is 6.18. The van der Waals surface area contributed by atoms with Crippen molar-refractivity contribution in [1.29, 1.82) is 0 Å². The molecule has 0 heterocycles. The van der Waals surface area contributed by atoms with Gasteiger partial charge in [0.05, 0.1) is 0 Å². The molecule has 0 bridgehead atoms. The Morgan fingerprint density at radius 3 is 2.19 bits per heavy atom. The highest BCUT2D eigenvalue weighted by Crippen LogP contribution is 2.23. The van der Waals surface area contributed by atoms with Crippen LogP contribution in [0, 0.1) is 13.8 Å². The molecule has 2 aromatic carbocycles. The van der Waals surface area contributed by atoms with Crippen LogP contribution in [0.15, 0.2) is 42.5 Å². The average molecular weight is 225 g/mol. The van der Waals surface area contributed by atoms with Crippen LogP contribution in [0.4, 0.5) is 0 Å². The summed E-state index contributed by atoms with van der Waals surface area (Å²) in [5.74, 6) is 0. The van der Waals surface area contributed by atoms with Crippen molar-refractivity contribution in [1.82, 2.24) is 0 Å². The van der Waals surface area contributed by atoms with Crippen molar-refractivity contribution in [2.24, 2.45) is 0 Å². The average Bonchev–Trinajstić information content (AvgIpc) is 2.34. The third-order valence-corrected chi connectivity index (χ3v) is 3.74. The molecule has 0 saturated carbocycles. The molecular formula is C14H13OSi. The minimum absolute atomic E-state index is 0.371. The predicted molar refractivity (Wildman–Crippen MR) is 67.4 cm³/mol. The van der Waals surface area contributed by atoms with E-state index >= 15 is 0 Å². The van der Waals surface area contributed by atoms with Gasteiger partial charge in [-0.15, -0.1) is 0 Å². The molecule has 2 heteroatoms. The van der Waals surface area contributed by atoms with Crippen molar-refractivity contribution in [3.05, 3.63) is 53.6 Å². The molecule has 0 aliphatic carbocycles. The Labute approximate surface area is 98.0 Å². The Balaban J connectivity index is 2.60. The molecule has 0 saturated heterocycles. The lowest BCUT2D eigenvalue weighted by atomic mass is 9.97.